The second-order valence-electron chi connectivity index (χ2n) is 4.92. The summed E-state index contributed by atoms with van der Waals surface area (Å²) in [5, 5.41) is 24.8. The van der Waals surface area contributed by atoms with Crippen molar-refractivity contribution in [1.82, 2.24) is 19.6 Å². The third-order valence-electron chi connectivity index (χ3n) is 3.14. The first-order chi connectivity index (χ1) is 11.7. The van der Waals surface area contributed by atoms with Crippen LogP contribution in [0.25, 0.3) is 5.65 Å². The number of aliphatic hydroxyl groups is 2. The molecule has 3 rings (SSSR count). The SMILES string of the molecule is O=C(Nc1ccnc(OCC(O)CO)c1)c1cnc2cccnn12. The van der Waals surface area contributed by atoms with Gasteiger partial charge in [-0.25, -0.2) is 14.5 Å². The molecule has 24 heavy (non-hydrogen) atoms. The van der Waals surface area contributed by atoms with Crippen molar-refractivity contribution < 1.29 is 19.7 Å². The van der Waals surface area contributed by atoms with E-state index in [2.05, 4.69) is 20.4 Å². The largest absolute Gasteiger partial charge is 0.475 e. The fourth-order valence-corrected chi connectivity index (χ4v) is 1.98. The minimum atomic E-state index is -0.991. The summed E-state index contributed by atoms with van der Waals surface area (Å²) in [7, 11) is 0. The molecule has 3 aromatic rings. The summed E-state index contributed by atoms with van der Waals surface area (Å²) < 4.78 is 6.68. The van der Waals surface area contributed by atoms with Crippen LogP contribution in [0.2, 0.25) is 0 Å². The van der Waals surface area contributed by atoms with Crippen molar-refractivity contribution in [1.29, 1.82) is 0 Å². The standard InChI is InChI=1S/C15H15N5O4/c21-8-11(22)9-24-14-6-10(3-5-16-14)19-15(23)12-7-17-13-2-1-4-18-20(12)13/h1-7,11,21-22H,8-9H2,(H,16,19,23). The van der Waals surface area contributed by atoms with Gasteiger partial charge in [0.15, 0.2) is 11.3 Å². The smallest absolute Gasteiger partial charge is 0.276 e. The summed E-state index contributed by atoms with van der Waals surface area (Å²) in [6, 6.07) is 6.59. The predicted molar refractivity (Wildman–Crippen MR) is 83.8 cm³/mol. The Morgan fingerprint density at radius 2 is 2.21 bits per heavy atom. The molecule has 0 aromatic carbocycles. The van der Waals surface area contributed by atoms with E-state index < -0.39 is 12.7 Å². The summed E-state index contributed by atoms with van der Waals surface area (Å²) in [4.78, 5) is 20.4. The molecule has 0 aliphatic rings. The van der Waals surface area contributed by atoms with Gasteiger partial charge in [-0.15, -0.1) is 0 Å². The number of hydrogen-bond acceptors (Lipinski definition) is 7. The molecule has 0 radical (unpaired) electrons. The molecule has 3 N–H and O–H groups in total. The van der Waals surface area contributed by atoms with Crippen molar-refractivity contribution >= 4 is 17.2 Å². The number of carbonyl (C=O) groups excluding carboxylic acids is 1. The zero-order chi connectivity index (χ0) is 16.9. The van der Waals surface area contributed by atoms with Crippen LogP contribution in [0.4, 0.5) is 5.69 Å². The van der Waals surface area contributed by atoms with Crippen LogP contribution in [0.1, 0.15) is 10.5 Å². The van der Waals surface area contributed by atoms with Gasteiger partial charge in [0.2, 0.25) is 5.88 Å². The lowest BCUT2D eigenvalue weighted by Crippen LogP contribution is -2.21. The number of imidazole rings is 1. The molecule has 9 heteroatoms. The molecule has 3 heterocycles. The molecule has 9 nitrogen and oxygen atoms in total. The highest BCUT2D eigenvalue weighted by Gasteiger charge is 2.13. The zero-order valence-electron chi connectivity index (χ0n) is 12.5. The Bertz CT molecular complexity index is 851. The van der Waals surface area contributed by atoms with Gasteiger partial charge in [-0.1, -0.05) is 0 Å². The number of pyridine rings is 1. The number of fused-ring (bicyclic) bond motifs is 1. The number of anilines is 1. The first-order valence-electron chi connectivity index (χ1n) is 7.15. The second-order valence-corrected chi connectivity index (χ2v) is 4.92. The molecular formula is C15H15N5O4. The second kappa shape index (κ2) is 7.02. The van der Waals surface area contributed by atoms with Crippen LogP contribution in [0.3, 0.4) is 0 Å². The van der Waals surface area contributed by atoms with Gasteiger partial charge in [0.25, 0.3) is 5.91 Å². The Balaban J connectivity index is 1.72. The summed E-state index contributed by atoms with van der Waals surface area (Å²) in [5.41, 5.74) is 1.33. The van der Waals surface area contributed by atoms with Crippen LogP contribution >= 0.6 is 0 Å². The number of carbonyl (C=O) groups is 1. The van der Waals surface area contributed by atoms with Crippen molar-refractivity contribution in [2.45, 2.75) is 6.10 Å². The van der Waals surface area contributed by atoms with Gasteiger partial charge in [0.1, 0.15) is 12.7 Å². The summed E-state index contributed by atoms with van der Waals surface area (Å²) >= 11 is 0. The highest BCUT2D eigenvalue weighted by atomic mass is 16.5. The van der Waals surface area contributed by atoms with Crippen LogP contribution in [-0.2, 0) is 0 Å². The van der Waals surface area contributed by atoms with Crippen LogP contribution < -0.4 is 10.1 Å². The van der Waals surface area contributed by atoms with E-state index in [0.717, 1.165) is 0 Å². The molecule has 0 aliphatic heterocycles. The summed E-state index contributed by atoms with van der Waals surface area (Å²) in [6.07, 6.45) is 3.47. The summed E-state index contributed by atoms with van der Waals surface area (Å²) in [6.45, 7) is -0.504. The van der Waals surface area contributed by atoms with Crippen LogP contribution in [0.15, 0.2) is 42.9 Å². The van der Waals surface area contributed by atoms with Crippen LogP contribution in [0.5, 0.6) is 5.88 Å². The van der Waals surface area contributed by atoms with E-state index in [1.807, 2.05) is 0 Å². The average Bonchev–Trinajstić information content (AvgIpc) is 3.04. The quantitative estimate of drug-likeness (QED) is 0.586. The number of amides is 1. The number of nitrogens with one attached hydrogen (secondary N) is 1. The van der Waals surface area contributed by atoms with Gasteiger partial charge in [0.05, 0.1) is 12.8 Å². The van der Waals surface area contributed by atoms with Gasteiger partial charge < -0.3 is 20.3 Å². The molecule has 1 atom stereocenters. The fourth-order valence-electron chi connectivity index (χ4n) is 1.98. The molecule has 0 aliphatic carbocycles. The van der Waals surface area contributed by atoms with E-state index in [9.17, 15) is 9.90 Å². The van der Waals surface area contributed by atoms with Gasteiger partial charge in [0, 0.05) is 24.1 Å². The Hall–Kier alpha value is -3.04. The maximum Gasteiger partial charge on any atom is 0.276 e. The molecule has 0 spiro atoms. The maximum atomic E-state index is 12.4. The van der Waals surface area contributed by atoms with E-state index in [-0.39, 0.29) is 18.4 Å². The highest BCUT2D eigenvalue weighted by Crippen LogP contribution is 2.15. The molecule has 0 bridgehead atoms. The predicted octanol–water partition coefficient (Wildman–Crippen LogP) is 0.109. The van der Waals surface area contributed by atoms with Gasteiger partial charge in [-0.2, -0.15) is 5.10 Å². The van der Waals surface area contributed by atoms with Crippen molar-refractivity contribution in [2.75, 3.05) is 18.5 Å². The Labute approximate surface area is 136 Å². The van der Waals surface area contributed by atoms with E-state index >= 15 is 0 Å². The third kappa shape index (κ3) is 3.47. The van der Waals surface area contributed by atoms with Gasteiger partial charge in [-0.05, 0) is 18.2 Å². The lowest BCUT2D eigenvalue weighted by Gasteiger charge is -2.10. The monoisotopic (exact) mass is 329 g/mol. The van der Waals surface area contributed by atoms with Crippen molar-refractivity contribution in [3.63, 3.8) is 0 Å². The van der Waals surface area contributed by atoms with Crippen molar-refractivity contribution in [2.24, 2.45) is 0 Å². The molecule has 0 saturated carbocycles. The number of aromatic nitrogens is 4. The Morgan fingerprint density at radius 1 is 1.33 bits per heavy atom. The highest BCUT2D eigenvalue weighted by molar-refractivity contribution is 6.03. The van der Waals surface area contributed by atoms with Gasteiger partial charge >= 0.3 is 0 Å². The van der Waals surface area contributed by atoms with Gasteiger partial charge in [-0.3, -0.25) is 4.79 Å². The number of ether oxygens (including phenoxy) is 1. The molecule has 1 amide bonds. The molecular weight excluding hydrogens is 314 g/mol. The van der Waals surface area contributed by atoms with Crippen molar-refractivity contribution in [3.8, 4) is 5.88 Å². The van der Waals surface area contributed by atoms with Crippen molar-refractivity contribution in [3.05, 3.63) is 48.5 Å². The average molecular weight is 329 g/mol. The molecule has 1 unspecified atom stereocenters. The minimum Gasteiger partial charge on any atom is -0.475 e. The Kier molecular flexibility index (Phi) is 4.64. The number of hydrogen-bond donors (Lipinski definition) is 3. The third-order valence-corrected chi connectivity index (χ3v) is 3.14. The van der Waals surface area contributed by atoms with E-state index in [0.29, 0.717) is 17.0 Å². The fraction of sp³-hybridized carbons (Fsp3) is 0.200. The maximum absolute atomic E-state index is 12.4. The zero-order valence-corrected chi connectivity index (χ0v) is 12.5. The lowest BCUT2D eigenvalue weighted by atomic mass is 10.3. The number of aliphatic hydroxyl groups excluding tert-OH is 2. The minimum absolute atomic E-state index is 0.0991. The summed E-state index contributed by atoms with van der Waals surface area (Å²) in [5.74, 6) is -0.162. The van der Waals surface area contributed by atoms with Crippen LogP contribution in [0, 0.1) is 0 Å². The number of nitrogens with zero attached hydrogens (tertiary/aromatic N) is 4. The molecule has 124 valence electrons. The van der Waals surface area contributed by atoms with Crippen LogP contribution in [-0.4, -0.2) is 55.0 Å². The molecule has 0 fully saturated rings. The Morgan fingerprint density at radius 3 is 3.04 bits per heavy atom. The first-order valence-corrected chi connectivity index (χ1v) is 7.15. The molecule has 0 saturated heterocycles. The molecule has 3 aromatic heterocycles. The van der Waals surface area contributed by atoms with E-state index in [4.69, 9.17) is 9.84 Å². The lowest BCUT2D eigenvalue weighted by molar-refractivity contribution is 0.0521. The normalized spacial score (nSPS) is 12.1. The number of rotatable bonds is 6. The topological polar surface area (TPSA) is 122 Å². The van der Waals surface area contributed by atoms with E-state index in [1.165, 1.54) is 23.0 Å². The first kappa shape index (κ1) is 15.8. The van der Waals surface area contributed by atoms with E-state index in [1.54, 1.807) is 24.4 Å².